The van der Waals surface area contributed by atoms with Gasteiger partial charge in [0.15, 0.2) is 16.7 Å². The van der Waals surface area contributed by atoms with Crippen LogP contribution < -0.4 is 0 Å². The van der Waals surface area contributed by atoms with Gasteiger partial charge in [-0.15, -0.1) is 20.4 Å². The molecule has 0 N–H and O–H groups in total. The molecule has 4 aromatic rings. The lowest BCUT2D eigenvalue weighted by atomic mass is 10.2. The molecule has 3 aromatic heterocycles. The van der Waals surface area contributed by atoms with E-state index in [4.69, 9.17) is 8.83 Å². The van der Waals surface area contributed by atoms with Crippen LogP contribution in [0.15, 0.2) is 67.9 Å². The van der Waals surface area contributed by atoms with Crippen LogP contribution in [0.4, 0.5) is 0 Å². The largest absolute Gasteiger partial charge is 0.459 e. The second kappa shape index (κ2) is 6.65. The molecular formula is C17H13N5O2S2. The number of furan rings is 1. The van der Waals surface area contributed by atoms with Crippen LogP contribution in [-0.2, 0) is 0 Å². The van der Waals surface area contributed by atoms with E-state index >= 15 is 0 Å². The fraction of sp³-hybridized carbons (Fsp3) is 0.176. The van der Waals surface area contributed by atoms with Gasteiger partial charge >= 0.3 is 0 Å². The quantitative estimate of drug-likeness (QED) is 0.478. The zero-order chi connectivity index (χ0) is 17.3. The van der Waals surface area contributed by atoms with E-state index in [1.54, 1.807) is 30.2 Å². The van der Waals surface area contributed by atoms with Crippen molar-refractivity contribution in [2.45, 2.75) is 16.4 Å². The van der Waals surface area contributed by atoms with Crippen LogP contribution in [0, 0.1) is 0 Å². The number of rotatable bonds is 5. The molecule has 5 rings (SSSR count). The molecule has 1 aliphatic heterocycles. The van der Waals surface area contributed by atoms with Gasteiger partial charge in [0.05, 0.1) is 12.3 Å². The first-order valence-electron chi connectivity index (χ1n) is 8.02. The van der Waals surface area contributed by atoms with Crippen LogP contribution >= 0.6 is 23.5 Å². The topological polar surface area (TPSA) is 82.8 Å². The van der Waals surface area contributed by atoms with Gasteiger partial charge in [-0.05, 0) is 12.1 Å². The van der Waals surface area contributed by atoms with E-state index in [0.29, 0.717) is 16.9 Å². The number of thioether (sulfide) groups is 2. The van der Waals surface area contributed by atoms with Crippen molar-refractivity contribution < 1.29 is 8.83 Å². The summed E-state index contributed by atoms with van der Waals surface area (Å²) in [6.45, 7) is 0. The monoisotopic (exact) mass is 383 g/mol. The zero-order valence-corrected chi connectivity index (χ0v) is 15.1. The van der Waals surface area contributed by atoms with Gasteiger partial charge in [0.1, 0.15) is 0 Å². The first-order chi connectivity index (χ1) is 12.9. The molecule has 26 heavy (non-hydrogen) atoms. The second-order valence-electron chi connectivity index (χ2n) is 5.67. The lowest BCUT2D eigenvalue weighted by Gasteiger charge is -2.13. The predicted octanol–water partition coefficient (Wildman–Crippen LogP) is 4.03. The average molecular weight is 383 g/mol. The molecule has 130 valence electrons. The molecule has 0 fully saturated rings. The van der Waals surface area contributed by atoms with Crippen molar-refractivity contribution in [3.63, 3.8) is 0 Å². The third kappa shape index (κ3) is 2.82. The lowest BCUT2D eigenvalue weighted by molar-refractivity contribution is 0.446. The first-order valence-corrected chi connectivity index (χ1v) is 9.99. The van der Waals surface area contributed by atoms with Crippen molar-refractivity contribution in [1.29, 1.82) is 0 Å². The van der Waals surface area contributed by atoms with Gasteiger partial charge in [-0.25, -0.2) is 0 Å². The number of fused-ring (bicyclic) bond motifs is 1. The average Bonchev–Trinajstić information content (AvgIpc) is 3.45. The smallest absolute Gasteiger partial charge is 0.284 e. The Balaban J connectivity index is 1.34. The maximum Gasteiger partial charge on any atom is 0.284 e. The Morgan fingerprint density at radius 3 is 2.85 bits per heavy atom. The highest BCUT2D eigenvalue weighted by Crippen LogP contribution is 2.38. The molecule has 0 saturated carbocycles. The molecule has 7 nitrogen and oxygen atoms in total. The van der Waals surface area contributed by atoms with Gasteiger partial charge in [-0.1, -0.05) is 53.9 Å². The molecule has 0 aliphatic carbocycles. The van der Waals surface area contributed by atoms with Crippen molar-refractivity contribution in [3.05, 3.63) is 48.7 Å². The summed E-state index contributed by atoms with van der Waals surface area (Å²) in [6, 6.07) is 14.0. The summed E-state index contributed by atoms with van der Waals surface area (Å²) in [4.78, 5) is 0. The third-order valence-electron chi connectivity index (χ3n) is 4.00. The zero-order valence-electron chi connectivity index (χ0n) is 13.5. The van der Waals surface area contributed by atoms with Crippen molar-refractivity contribution in [2.75, 3.05) is 11.5 Å². The number of hydrogen-bond acceptors (Lipinski definition) is 8. The number of nitrogens with zero attached hydrogens (tertiary/aromatic N) is 5. The SMILES string of the molecule is c1ccc(-c2nnc3n2[C@H](CSc2nnc(-c4ccco4)o2)CS3)cc1. The Morgan fingerprint density at radius 2 is 2.00 bits per heavy atom. The molecule has 0 spiro atoms. The molecule has 4 heterocycles. The Bertz CT molecular complexity index is 1010. The highest BCUT2D eigenvalue weighted by atomic mass is 32.2. The van der Waals surface area contributed by atoms with Crippen LogP contribution in [0.3, 0.4) is 0 Å². The molecule has 0 unspecified atom stereocenters. The van der Waals surface area contributed by atoms with Crippen LogP contribution in [0.2, 0.25) is 0 Å². The lowest BCUT2D eigenvalue weighted by Crippen LogP contribution is -2.11. The standard InChI is InChI=1S/C17H13N5O2S2/c1-2-5-11(6-3-1)14-18-20-16-22(14)12(9-25-16)10-26-17-21-19-15(24-17)13-7-4-8-23-13/h1-8,12H,9-10H2/t12-/m0/s1. The summed E-state index contributed by atoms with van der Waals surface area (Å²) in [7, 11) is 0. The van der Waals surface area contributed by atoms with Crippen LogP contribution in [0.25, 0.3) is 23.0 Å². The van der Waals surface area contributed by atoms with Crippen LogP contribution in [-0.4, -0.2) is 36.5 Å². The normalized spacial score (nSPS) is 16.1. The summed E-state index contributed by atoms with van der Waals surface area (Å²) in [6.07, 6.45) is 1.58. The number of aromatic nitrogens is 5. The molecule has 0 bridgehead atoms. The van der Waals surface area contributed by atoms with Gasteiger partial charge in [0, 0.05) is 17.1 Å². The number of hydrogen-bond donors (Lipinski definition) is 0. The van der Waals surface area contributed by atoms with E-state index in [1.807, 2.05) is 18.2 Å². The minimum absolute atomic E-state index is 0.268. The minimum Gasteiger partial charge on any atom is -0.459 e. The number of benzene rings is 1. The molecule has 9 heteroatoms. The molecule has 0 radical (unpaired) electrons. The predicted molar refractivity (Wildman–Crippen MR) is 97.9 cm³/mol. The third-order valence-corrected chi connectivity index (χ3v) is 6.06. The van der Waals surface area contributed by atoms with E-state index in [1.165, 1.54) is 11.8 Å². The maximum atomic E-state index is 5.67. The van der Waals surface area contributed by atoms with E-state index in [9.17, 15) is 0 Å². The van der Waals surface area contributed by atoms with Crippen molar-refractivity contribution in [3.8, 4) is 23.0 Å². The van der Waals surface area contributed by atoms with Crippen LogP contribution in [0.5, 0.6) is 0 Å². The van der Waals surface area contributed by atoms with Crippen molar-refractivity contribution in [2.24, 2.45) is 0 Å². The fourth-order valence-electron chi connectivity index (χ4n) is 2.79. The van der Waals surface area contributed by atoms with Gasteiger partial charge in [-0.2, -0.15) is 0 Å². The molecule has 0 saturated heterocycles. The Morgan fingerprint density at radius 1 is 1.08 bits per heavy atom. The summed E-state index contributed by atoms with van der Waals surface area (Å²) in [5, 5.41) is 18.3. The van der Waals surface area contributed by atoms with Gasteiger partial charge in [0.2, 0.25) is 0 Å². The Labute approximate surface area is 157 Å². The fourth-order valence-corrected chi connectivity index (χ4v) is 4.86. The summed E-state index contributed by atoms with van der Waals surface area (Å²) < 4.78 is 13.2. The summed E-state index contributed by atoms with van der Waals surface area (Å²) >= 11 is 3.26. The molecule has 1 atom stereocenters. The van der Waals surface area contributed by atoms with Gasteiger partial charge in [-0.3, -0.25) is 4.57 Å². The molecule has 0 amide bonds. The van der Waals surface area contributed by atoms with Crippen molar-refractivity contribution >= 4 is 23.5 Å². The Hall–Kier alpha value is -2.52. The molecule has 1 aromatic carbocycles. The summed E-state index contributed by atoms with van der Waals surface area (Å²) in [5.41, 5.74) is 1.07. The summed E-state index contributed by atoms with van der Waals surface area (Å²) in [5.74, 6) is 3.63. The maximum absolute atomic E-state index is 5.67. The highest BCUT2D eigenvalue weighted by molar-refractivity contribution is 8.00. The minimum atomic E-state index is 0.268. The second-order valence-corrected chi connectivity index (χ2v) is 7.63. The highest BCUT2D eigenvalue weighted by Gasteiger charge is 2.29. The Kier molecular flexibility index (Phi) is 4.02. The molecular weight excluding hydrogens is 370 g/mol. The van der Waals surface area contributed by atoms with E-state index in [2.05, 4.69) is 37.1 Å². The van der Waals surface area contributed by atoms with E-state index < -0.39 is 0 Å². The van der Waals surface area contributed by atoms with E-state index in [-0.39, 0.29) is 6.04 Å². The van der Waals surface area contributed by atoms with Gasteiger partial charge in [0.25, 0.3) is 11.1 Å². The first kappa shape index (κ1) is 15.7. The van der Waals surface area contributed by atoms with Crippen molar-refractivity contribution in [1.82, 2.24) is 25.0 Å². The van der Waals surface area contributed by atoms with Crippen LogP contribution in [0.1, 0.15) is 6.04 Å². The van der Waals surface area contributed by atoms with E-state index in [0.717, 1.165) is 28.0 Å². The molecule has 1 aliphatic rings. The van der Waals surface area contributed by atoms with Gasteiger partial charge < -0.3 is 8.83 Å².